The Labute approximate surface area is 156 Å². The van der Waals surface area contributed by atoms with Gasteiger partial charge in [-0.3, -0.25) is 9.89 Å². The van der Waals surface area contributed by atoms with Crippen molar-refractivity contribution in [2.24, 2.45) is 0 Å². The Balaban J connectivity index is 1.84. The van der Waals surface area contributed by atoms with Crippen LogP contribution in [-0.2, 0) is 0 Å². The van der Waals surface area contributed by atoms with E-state index in [4.69, 9.17) is 9.47 Å². The van der Waals surface area contributed by atoms with Gasteiger partial charge in [0.15, 0.2) is 11.5 Å². The van der Waals surface area contributed by atoms with Crippen LogP contribution in [0.5, 0.6) is 11.5 Å². The van der Waals surface area contributed by atoms with Crippen LogP contribution in [0.2, 0.25) is 0 Å². The zero-order valence-corrected chi connectivity index (χ0v) is 15.2. The summed E-state index contributed by atoms with van der Waals surface area (Å²) in [5.74, 6) is 0.542. The Morgan fingerprint density at radius 3 is 2.48 bits per heavy atom. The van der Waals surface area contributed by atoms with Gasteiger partial charge in [-0.2, -0.15) is 5.10 Å². The zero-order chi connectivity index (χ0) is 19.4. The molecular weight excluding hydrogens is 349 g/mol. The predicted octanol–water partition coefficient (Wildman–Crippen LogP) is 3.72. The minimum Gasteiger partial charge on any atom is -0.493 e. The highest BCUT2D eigenvalue weighted by Gasteiger charge is 2.19. The molecule has 0 radical (unpaired) electrons. The van der Waals surface area contributed by atoms with E-state index in [0.29, 0.717) is 22.8 Å². The van der Waals surface area contributed by atoms with Gasteiger partial charge in [0.1, 0.15) is 5.82 Å². The fourth-order valence-electron chi connectivity index (χ4n) is 2.78. The number of nitrogens with one attached hydrogen (secondary N) is 2. The van der Waals surface area contributed by atoms with Crippen molar-refractivity contribution in [3.8, 4) is 22.8 Å². The summed E-state index contributed by atoms with van der Waals surface area (Å²) >= 11 is 0. The molecule has 0 spiro atoms. The van der Waals surface area contributed by atoms with Crippen LogP contribution in [0, 0.1) is 5.82 Å². The van der Waals surface area contributed by atoms with Crippen molar-refractivity contribution in [2.45, 2.75) is 13.0 Å². The number of hydrogen-bond donors (Lipinski definition) is 2. The van der Waals surface area contributed by atoms with E-state index < -0.39 is 0 Å². The number of halogens is 1. The van der Waals surface area contributed by atoms with Crippen LogP contribution in [0.4, 0.5) is 4.39 Å². The standard InChI is InChI=1S/C20H20FN3O3/c1-12(13-4-7-15(21)8-5-13)23-20(25)16-11-22-24-19(16)14-6-9-17(26-2)18(10-14)27-3/h4-12H,1-3H3,(H,22,24)(H,23,25)/t12-/m0/s1. The quantitative estimate of drug-likeness (QED) is 0.694. The van der Waals surface area contributed by atoms with Gasteiger partial charge in [0.25, 0.3) is 5.91 Å². The molecule has 140 valence electrons. The number of ether oxygens (including phenoxy) is 2. The highest BCUT2D eigenvalue weighted by Crippen LogP contribution is 2.32. The molecular formula is C20H20FN3O3. The van der Waals surface area contributed by atoms with Gasteiger partial charge in [-0.1, -0.05) is 12.1 Å². The van der Waals surface area contributed by atoms with Crippen molar-refractivity contribution >= 4 is 5.91 Å². The average molecular weight is 369 g/mol. The maximum atomic E-state index is 13.1. The second kappa shape index (κ2) is 7.90. The third-order valence-corrected chi connectivity index (χ3v) is 4.27. The molecule has 3 rings (SSSR count). The summed E-state index contributed by atoms with van der Waals surface area (Å²) < 4.78 is 23.6. The van der Waals surface area contributed by atoms with Crippen LogP contribution >= 0.6 is 0 Å². The molecule has 1 atom stereocenters. The van der Waals surface area contributed by atoms with Gasteiger partial charge in [0.05, 0.1) is 37.7 Å². The summed E-state index contributed by atoms with van der Waals surface area (Å²) in [6.07, 6.45) is 1.47. The molecule has 0 aliphatic carbocycles. The number of carbonyl (C=O) groups excluding carboxylic acids is 1. The van der Waals surface area contributed by atoms with Crippen LogP contribution < -0.4 is 14.8 Å². The van der Waals surface area contributed by atoms with E-state index in [-0.39, 0.29) is 17.8 Å². The number of carbonyl (C=O) groups is 1. The molecule has 0 aliphatic heterocycles. The third kappa shape index (κ3) is 3.92. The normalized spacial score (nSPS) is 11.7. The number of amides is 1. The minimum absolute atomic E-state index is 0.286. The van der Waals surface area contributed by atoms with Crippen molar-refractivity contribution in [2.75, 3.05) is 14.2 Å². The number of hydrogen-bond acceptors (Lipinski definition) is 4. The molecule has 3 aromatic rings. The Morgan fingerprint density at radius 2 is 1.81 bits per heavy atom. The number of aromatic nitrogens is 2. The van der Waals surface area contributed by atoms with Gasteiger partial charge in [0, 0.05) is 5.56 Å². The minimum atomic E-state index is -0.317. The third-order valence-electron chi connectivity index (χ3n) is 4.27. The molecule has 0 aliphatic rings. The Morgan fingerprint density at radius 1 is 1.11 bits per heavy atom. The van der Waals surface area contributed by atoms with Crippen molar-refractivity contribution in [1.82, 2.24) is 15.5 Å². The second-order valence-electron chi connectivity index (χ2n) is 5.98. The van der Waals surface area contributed by atoms with Gasteiger partial charge in [0.2, 0.25) is 0 Å². The summed E-state index contributed by atoms with van der Waals surface area (Å²) in [6, 6.07) is 11.1. The first kappa shape index (κ1) is 18.4. The monoisotopic (exact) mass is 369 g/mol. The fourth-order valence-corrected chi connectivity index (χ4v) is 2.78. The van der Waals surface area contributed by atoms with Gasteiger partial charge in [-0.05, 0) is 42.8 Å². The number of rotatable bonds is 6. The van der Waals surface area contributed by atoms with Crippen LogP contribution in [-0.4, -0.2) is 30.3 Å². The summed E-state index contributed by atoms with van der Waals surface area (Å²) in [7, 11) is 3.11. The lowest BCUT2D eigenvalue weighted by atomic mass is 10.1. The lowest BCUT2D eigenvalue weighted by molar-refractivity contribution is 0.0940. The van der Waals surface area contributed by atoms with E-state index in [2.05, 4.69) is 15.5 Å². The van der Waals surface area contributed by atoms with E-state index >= 15 is 0 Å². The molecule has 0 saturated heterocycles. The molecule has 7 heteroatoms. The van der Waals surface area contributed by atoms with E-state index in [1.54, 1.807) is 38.5 Å². The van der Waals surface area contributed by atoms with E-state index in [1.807, 2.05) is 13.0 Å². The number of nitrogens with zero attached hydrogens (tertiary/aromatic N) is 1. The Hall–Kier alpha value is -3.35. The molecule has 0 saturated carbocycles. The second-order valence-corrected chi connectivity index (χ2v) is 5.98. The molecule has 2 aromatic carbocycles. The molecule has 1 amide bonds. The molecule has 0 bridgehead atoms. The van der Waals surface area contributed by atoms with Gasteiger partial charge >= 0.3 is 0 Å². The molecule has 2 N–H and O–H groups in total. The highest BCUT2D eigenvalue weighted by molar-refractivity contribution is 6.00. The molecule has 0 fully saturated rings. The first-order valence-corrected chi connectivity index (χ1v) is 8.35. The smallest absolute Gasteiger partial charge is 0.255 e. The lowest BCUT2D eigenvalue weighted by Gasteiger charge is -2.15. The first-order chi connectivity index (χ1) is 13.0. The largest absolute Gasteiger partial charge is 0.493 e. The maximum absolute atomic E-state index is 13.1. The molecule has 27 heavy (non-hydrogen) atoms. The van der Waals surface area contributed by atoms with Crippen LogP contribution in [0.25, 0.3) is 11.3 Å². The summed E-state index contributed by atoms with van der Waals surface area (Å²) in [5.41, 5.74) is 2.52. The number of methoxy groups -OCH3 is 2. The SMILES string of the molecule is COc1ccc(-c2[nH]ncc2C(=O)N[C@@H](C)c2ccc(F)cc2)cc1OC. The fraction of sp³-hybridized carbons (Fsp3) is 0.200. The van der Waals surface area contributed by atoms with Gasteiger partial charge < -0.3 is 14.8 Å². The Kier molecular flexibility index (Phi) is 5.40. The molecule has 1 heterocycles. The van der Waals surface area contributed by atoms with Crippen molar-refractivity contribution in [3.63, 3.8) is 0 Å². The molecule has 6 nitrogen and oxygen atoms in total. The maximum Gasteiger partial charge on any atom is 0.255 e. The van der Waals surface area contributed by atoms with E-state index in [9.17, 15) is 9.18 Å². The number of H-pyrrole nitrogens is 1. The first-order valence-electron chi connectivity index (χ1n) is 8.35. The molecule has 0 unspecified atom stereocenters. The van der Waals surface area contributed by atoms with E-state index in [1.165, 1.54) is 18.3 Å². The van der Waals surface area contributed by atoms with Crippen LogP contribution in [0.3, 0.4) is 0 Å². The Bertz CT molecular complexity index is 938. The number of benzene rings is 2. The van der Waals surface area contributed by atoms with Crippen molar-refractivity contribution in [1.29, 1.82) is 0 Å². The number of aromatic amines is 1. The topological polar surface area (TPSA) is 76.2 Å². The van der Waals surface area contributed by atoms with Gasteiger partial charge in [-0.15, -0.1) is 0 Å². The predicted molar refractivity (Wildman–Crippen MR) is 99.4 cm³/mol. The molecule has 1 aromatic heterocycles. The summed E-state index contributed by atoms with van der Waals surface area (Å²) in [4.78, 5) is 12.7. The summed E-state index contributed by atoms with van der Waals surface area (Å²) in [6.45, 7) is 1.83. The average Bonchev–Trinajstić information content (AvgIpc) is 3.17. The lowest BCUT2D eigenvalue weighted by Crippen LogP contribution is -2.26. The summed E-state index contributed by atoms with van der Waals surface area (Å²) in [5, 5.41) is 9.76. The van der Waals surface area contributed by atoms with Gasteiger partial charge in [-0.25, -0.2) is 4.39 Å². The van der Waals surface area contributed by atoms with Crippen molar-refractivity contribution < 1.29 is 18.7 Å². The highest BCUT2D eigenvalue weighted by atomic mass is 19.1. The van der Waals surface area contributed by atoms with Crippen LogP contribution in [0.1, 0.15) is 28.9 Å². The van der Waals surface area contributed by atoms with Crippen LogP contribution in [0.15, 0.2) is 48.7 Å². The van der Waals surface area contributed by atoms with Crippen molar-refractivity contribution in [3.05, 3.63) is 65.6 Å². The zero-order valence-electron chi connectivity index (χ0n) is 15.2. The van der Waals surface area contributed by atoms with E-state index in [0.717, 1.165) is 11.1 Å².